The van der Waals surface area contributed by atoms with Crippen molar-refractivity contribution in [1.29, 1.82) is 0 Å². The lowest BCUT2D eigenvalue weighted by Crippen LogP contribution is -2.30. The Labute approximate surface area is 186 Å². The molecule has 4 nitrogen and oxygen atoms in total. The normalized spacial score (nSPS) is 16.2. The van der Waals surface area contributed by atoms with Gasteiger partial charge in [-0.25, -0.2) is 0 Å². The molecule has 1 aliphatic rings. The standard InChI is InChI=1S/C26H24ClN3O/c1-17-4-2-5-18(14-17)15-24-22-16-20(9-12-23(22)28-29-24)26(31)30-13-3-6-25(30)19-7-10-21(27)11-8-19/h2,4-5,7-12,14,16,25H,3,6,13,15H2,1H3,(H,28,29)/t25-/m1/s1. The largest absolute Gasteiger partial charge is 0.332 e. The fourth-order valence-electron chi connectivity index (χ4n) is 4.56. The van der Waals surface area contributed by atoms with E-state index in [1.54, 1.807) is 0 Å². The molecule has 0 unspecified atom stereocenters. The number of H-pyrrole nitrogens is 1. The summed E-state index contributed by atoms with van der Waals surface area (Å²) in [6.45, 7) is 2.86. The Morgan fingerprint density at radius 1 is 1.13 bits per heavy atom. The quantitative estimate of drug-likeness (QED) is 0.426. The summed E-state index contributed by atoms with van der Waals surface area (Å²) in [5.74, 6) is 0.0713. The van der Waals surface area contributed by atoms with Crippen LogP contribution in [-0.2, 0) is 6.42 Å². The summed E-state index contributed by atoms with van der Waals surface area (Å²) < 4.78 is 0. The van der Waals surface area contributed by atoms with E-state index in [-0.39, 0.29) is 11.9 Å². The molecule has 31 heavy (non-hydrogen) atoms. The Hall–Kier alpha value is -3.11. The van der Waals surface area contributed by atoms with Crippen LogP contribution >= 0.6 is 11.6 Å². The summed E-state index contributed by atoms with van der Waals surface area (Å²) in [7, 11) is 0. The highest BCUT2D eigenvalue weighted by atomic mass is 35.5. The van der Waals surface area contributed by atoms with Crippen LogP contribution in [0.1, 0.15) is 51.6 Å². The lowest BCUT2D eigenvalue weighted by Gasteiger charge is -2.25. The Morgan fingerprint density at radius 3 is 2.77 bits per heavy atom. The Kier molecular flexibility index (Phi) is 5.24. The van der Waals surface area contributed by atoms with Crippen LogP contribution in [0.25, 0.3) is 10.9 Å². The fourth-order valence-corrected chi connectivity index (χ4v) is 4.68. The SMILES string of the molecule is Cc1cccc(Cc2n[nH]c3ccc(C(=O)N4CCC[C@@H]4c4ccc(Cl)cc4)cc23)c1. The predicted octanol–water partition coefficient (Wildman–Crippen LogP) is 6.09. The lowest BCUT2D eigenvalue weighted by molar-refractivity contribution is 0.0736. The molecule has 4 aromatic rings. The van der Waals surface area contributed by atoms with Crippen molar-refractivity contribution in [1.82, 2.24) is 15.1 Å². The van der Waals surface area contributed by atoms with Gasteiger partial charge in [-0.1, -0.05) is 53.6 Å². The second kappa shape index (κ2) is 8.20. The van der Waals surface area contributed by atoms with Gasteiger partial charge in [-0.3, -0.25) is 9.89 Å². The number of fused-ring (bicyclic) bond motifs is 1. The molecule has 1 aliphatic heterocycles. The molecule has 1 atom stereocenters. The first-order chi connectivity index (χ1) is 15.1. The van der Waals surface area contributed by atoms with E-state index in [4.69, 9.17) is 11.6 Å². The van der Waals surface area contributed by atoms with Crippen molar-refractivity contribution in [2.45, 2.75) is 32.2 Å². The second-order valence-corrected chi connectivity index (χ2v) is 8.74. The number of hydrogen-bond acceptors (Lipinski definition) is 2. The van der Waals surface area contributed by atoms with Gasteiger partial charge >= 0.3 is 0 Å². The van der Waals surface area contributed by atoms with Crippen molar-refractivity contribution < 1.29 is 4.79 Å². The van der Waals surface area contributed by atoms with Crippen LogP contribution < -0.4 is 0 Å². The molecule has 0 saturated carbocycles. The number of amides is 1. The number of aromatic amines is 1. The highest BCUT2D eigenvalue weighted by Gasteiger charge is 2.30. The predicted molar refractivity (Wildman–Crippen MR) is 125 cm³/mol. The second-order valence-electron chi connectivity index (χ2n) is 8.30. The van der Waals surface area contributed by atoms with Gasteiger partial charge in [0.05, 0.1) is 17.3 Å². The van der Waals surface area contributed by atoms with E-state index in [1.807, 2.05) is 47.4 Å². The summed E-state index contributed by atoms with van der Waals surface area (Å²) in [4.78, 5) is 15.4. The van der Waals surface area contributed by atoms with E-state index in [2.05, 4.69) is 41.4 Å². The first kappa shape index (κ1) is 19.8. The molecular weight excluding hydrogens is 406 g/mol. The van der Waals surface area contributed by atoms with Crippen molar-refractivity contribution in [3.63, 3.8) is 0 Å². The van der Waals surface area contributed by atoms with Crippen LogP contribution in [0.15, 0.2) is 66.7 Å². The number of rotatable bonds is 4. The van der Waals surface area contributed by atoms with Gasteiger partial charge in [0.1, 0.15) is 0 Å². The molecule has 3 aromatic carbocycles. The zero-order valence-corrected chi connectivity index (χ0v) is 18.2. The molecular formula is C26H24ClN3O. The summed E-state index contributed by atoms with van der Waals surface area (Å²) in [5, 5.41) is 9.36. The molecule has 156 valence electrons. The van der Waals surface area contributed by atoms with E-state index >= 15 is 0 Å². The van der Waals surface area contributed by atoms with Crippen LogP contribution in [0, 0.1) is 6.92 Å². The Bertz CT molecular complexity index is 1250. The molecule has 2 heterocycles. The molecule has 1 fully saturated rings. The van der Waals surface area contributed by atoms with E-state index < -0.39 is 0 Å². The van der Waals surface area contributed by atoms with Crippen molar-refractivity contribution in [3.8, 4) is 0 Å². The number of nitrogens with zero attached hydrogens (tertiary/aromatic N) is 2. The lowest BCUT2D eigenvalue weighted by atomic mass is 10.0. The third-order valence-corrected chi connectivity index (χ3v) is 6.36. The average molecular weight is 430 g/mol. The first-order valence-corrected chi connectivity index (χ1v) is 11.1. The minimum absolute atomic E-state index is 0.0713. The maximum atomic E-state index is 13.4. The molecule has 0 bridgehead atoms. The van der Waals surface area contributed by atoms with E-state index in [0.717, 1.165) is 48.0 Å². The maximum Gasteiger partial charge on any atom is 0.254 e. The van der Waals surface area contributed by atoms with Crippen LogP contribution in [0.4, 0.5) is 0 Å². The van der Waals surface area contributed by atoms with Crippen molar-refractivity contribution in [2.24, 2.45) is 0 Å². The van der Waals surface area contributed by atoms with Crippen molar-refractivity contribution in [3.05, 3.63) is 99.7 Å². The molecule has 0 radical (unpaired) electrons. The topological polar surface area (TPSA) is 49.0 Å². The van der Waals surface area contributed by atoms with Gasteiger partial charge in [0.15, 0.2) is 0 Å². The number of aryl methyl sites for hydroxylation is 1. The van der Waals surface area contributed by atoms with Crippen LogP contribution in [-0.4, -0.2) is 27.5 Å². The summed E-state index contributed by atoms with van der Waals surface area (Å²) in [6, 6.07) is 22.2. The third kappa shape index (κ3) is 3.96. The average Bonchev–Trinajstić information content (AvgIpc) is 3.41. The summed E-state index contributed by atoms with van der Waals surface area (Å²) in [6.07, 6.45) is 2.71. The number of nitrogens with one attached hydrogen (secondary N) is 1. The number of aromatic nitrogens is 2. The van der Waals surface area contributed by atoms with Gasteiger partial charge in [-0.2, -0.15) is 5.10 Å². The fraction of sp³-hybridized carbons (Fsp3) is 0.231. The first-order valence-electron chi connectivity index (χ1n) is 10.7. The van der Waals surface area contributed by atoms with Gasteiger partial charge in [-0.15, -0.1) is 0 Å². The number of halogens is 1. The smallest absolute Gasteiger partial charge is 0.254 e. The number of carbonyl (C=O) groups excluding carboxylic acids is 1. The minimum Gasteiger partial charge on any atom is -0.332 e. The molecule has 1 aromatic heterocycles. The van der Waals surface area contributed by atoms with Gasteiger partial charge in [0.25, 0.3) is 5.91 Å². The van der Waals surface area contributed by atoms with Gasteiger partial charge in [-0.05, 0) is 61.2 Å². The van der Waals surface area contributed by atoms with Crippen LogP contribution in [0.5, 0.6) is 0 Å². The zero-order valence-electron chi connectivity index (χ0n) is 17.4. The number of carbonyl (C=O) groups is 1. The molecule has 5 heteroatoms. The summed E-state index contributed by atoms with van der Waals surface area (Å²) >= 11 is 6.05. The van der Waals surface area contributed by atoms with E-state index in [9.17, 15) is 4.79 Å². The molecule has 0 aliphatic carbocycles. The minimum atomic E-state index is 0.0713. The Morgan fingerprint density at radius 2 is 1.97 bits per heavy atom. The van der Waals surface area contributed by atoms with E-state index in [0.29, 0.717) is 10.6 Å². The highest BCUT2D eigenvalue weighted by Crippen LogP contribution is 2.34. The Balaban J connectivity index is 1.44. The molecule has 1 saturated heterocycles. The highest BCUT2D eigenvalue weighted by molar-refractivity contribution is 6.30. The number of likely N-dealkylation sites (tertiary alicyclic amines) is 1. The van der Waals surface area contributed by atoms with Gasteiger partial charge in [0, 0.05) is 28.9 Å². The maximum absolute atomic E-state index is 13.4. The van der Waals surface area contributed by atoms with Gasteiger partial charge < -0.3 is 4.90 Å². The number of hydrogen-bond donors (Lipinski definition) is 1. The van der Waals surface area contributed by atoms with E-state index in [1.165, 1.54) is 11.1 Å². The zero-order chi connectivity index (χ0) is 21.4. The monoisotopic (exact) mass is 429 g/mol. The molecule has 1 amide bonds. The van der Waals surface area contributed by atoms with Crippen LogP contribution in [0.2, 0.25) is 5.02 Å². The molecule has 0 spiro atoms. The van der Waals surface area contributed by atoms with Gasteiger partial charge in [0.2, 0.25) is 0 Å². The third-order valence-electron chi connectivity index (χ3n) is 6.11. The molecule has 5 rings (SSSR count). The van der Waals surface area contributed by atoms with Crippen molar-refractivity contribution in [2.75, 3.05) is 6.54 Å². The van der Waals surface area contributed by atoms with Crippen LogP contribution in [0.3, 0.4) is 0 Å². The summed E-state index contributed by atoms with van der Waals surface area (Å²) in [5.41, 5.74) is 6.21. The number of benzene rings is 3. The van der Waals surface area contributed by atoms with Crippen molar-refractivity contribution >= 4 is 28.4 Å². The molecule has 1 N–H and O–H groups in total.